The number of nitrogens with zero attached hydrogens (tertiary/aromatic N) is 2. The number of hydrogen-bond acceptors (Lipinski definition) is 3. The Kier molecular flexibility index (Phi) is 4.28. The zero-order valence-corrected chi connectivity index (χ0v) is 10.2. The van der Waals surface area contributed by atoms with Crippen molar-refractivity contribution in [2.75, 3.05) is 18.8 Å². The van der Waals surface area contributed by atoms with E-state index in [1.807, 2.05) is 11.8 Å². The maximum atomic E-state index is 9.00. The summed E-state index contributed by atoms with van der Waals surface area (Å²) in [5.74, 6) is 1.16. The molecule has 2 nitrogen and oxygen atoms in total. The highest BCUT2D eigenvalue weighted by Crippen LogP contribution is 2.31. The summed E-state index contributed by atoms with van der Waals surface area (Å²) in [4.78, 5) is 2.34. The van der Waals surface area contributed by atoms with Gasteiger partial charge < -0.3 is 0 Å². The lowest BCUT2D eigenvalue weighted by Crippen LogP contribution is -2.36. The van der Waals surface area contributed by atoms with E-state index >= 15 is 0 Å². The molecule has 1 rings (SSSR count). The van der Waals surface area contributed by atoms with Crippen molar-refractivity contribution in [1.29, 1.82) is 5.26 Å². The predicted octanol–water partition coefficient (Wildman–Crippen LogP) is 2.51. The van der Waals surface area contributed by atoms with Crippen LogP contribution in [0.3, 0.4) is 0 Å². The van der Waals surface area contributed by atoms with Crippen molar-refractivity contribution in [3.05, 3.63) is 0 Å². The number of nitriles is 1. The molecule has 0 aromatic rings. The Morgan fingerprint density at radius 1 is 1.50 bits per heavy atom. The van der Waals surface area contributed by atoms with Gasteiger partial charge in [-0.3, -0.25) is 4.90 Å². The van der Waals surface area contributed by atoms with Gasteiger partial charge in [-0.2, -0.15) is 17.0 Å². The first kappa shape index (κ1) is 11.9. The zero-order valence-electron chi connectivity index (χ0n) is 9.42. The Morgan fingerprint density at radius 3 is 2.79 bits per heavy atom. The van der Waals surface area contributed by atoms with E-state index in [0.29, 0.717) is 4.75 Å². The largest absolute Gasteiger partial charge is 0.287 e. The maximum absolute atomic E-state index is 9.00. The van der Waals surface area contributed by atoms with Gasteiger partial charge in [0.2, 0.25) is 0 Å². The van der Waals surface area contributed by atoms with Crippen LogP contribution < -0.4 is 0 Å². The molecule has 80 valence electrons. The van der Waals surface area contributed by atoms with Crippen LogP contribution in [0.25, 0.3) is 0 Å². The van der Waals surface area contributed by atoms with Crippen molar-refractivity contribution in [3.8, 4) is 6.07 Å². The molecule has 0 spiro atoms. The standard InChI is InChI=1S/C11H20N2S/c1-4-10(9-12)13-6-5-11(2,3)14-8-7-13/h10H,4-8H2,1-3H3. The molecule has 14 heavy (non-hydrogen) atoms. The summed E-state index contributed by atoms with van der Waals surface area (Å²) in [5.41, 5.74) is 0. The summed E-state index contributed by atoms with van der Waals surface area (Å²) in [6, 6.07) is 2.52. The Balaban J connectivity index is 2.54. The van der Waals surface area contributed by atoms with Crippen LogP contribution in [-0.2, 0) is 0 Å². The van der Waals surface area contributed by atoms with Gasteiger partial charge in [0.15, 0.2) is 0 Å². The van der Waals surface area contributed by atoms with Crippen molar-refractivity contribution in [1.82, 2.24) is 4.90 Å². The fraction of sp³-hybridized carbons (Fsp3) is 0.909. The summed E-state index contributed by atoms with van der Waals surface area (Å²) < 4.78 is 0.391. The normalized spacial score (nSPS) is 25.0. The van der Waals surface area contributed by atoms with Crippen molar-refractivity contribution in [2.24, 2.45) is 0 Å². The third-order valence-corrected chi connectivity index (χ3v) is 4.22. The molecule has 0 aromatic heterocycles. The molecule has 0 bridgehead atoms. The van der Waals surface area contributed by atoms with Crippen LogP contribution in [0.15, 0.2) is 0 Å². The first-order valence-electron chi connectivity index (χ1n) is 5.36. The first-order valence-corrected chi connectivity index (χ1v) is 6.35. The van der Waals surface area contributed by atoms with Gasteiger partial charge in [-0.25, -0.2) is 0 Å². The third-order valence-electron chi connectivity index (χ3n) is 2.85. The van der Waals surface area contributed by atoms with Gasteiger partial charge in [0.05, 0.1) is 12.1 Å². The minimum Gasteiger partial charge on any atom is -0.287 e. The Hall–Kier alpha value is -0.200. The van der Waals surface area contributed by atoms with Crippen LogP contribution in [0.4, 0.5) is 0 Å². The van der Waals surface area contributed by atoms with Gasteiger partial charge in [-0.15, -0.1) is 0 Å². The second-order valence-corrected chi connectivity index (χ2v) is 6.25. The SMILES string of the molecule is CCC(C#N)N1CCSC(C)(C)CC1. The van der Waals surface area contributed by atoms with Gasteiger partial charge in [-0.05, 0) is 12.8 Å². The van der Waals surface area contributed by atoms with E-state index in [0.717, 1.165) is 25.3 Å². The van der Waals surface area contributed by atoms with Crippen LogP contribution >= 0.6 is 11.8 Å². The molecular weight excluding hydrogens is 192 g/mol. The van der Waals surface area contributed by atoms with Crippen LogP contribution in [-0.4, -0.2) is 34.5 Å². The minimum atomic E-state index is 0.129. The maximum Gasteiger partial charge on any atom is 0.0975 e. The molecule has 1 aliphatic rings. The van der Waals surface area contributed by atoms with Crippen molar-refractivity contribution in [3.63, 3.8) is 0 Å². The molecule has 1 aliphatic heterocycles. The molecule has 1 atom stereocenters. The molecule has 0 aliphatic carbocycles. The highest BCUT2D eigenvalue weighted by Gasteiger charge is 2.26. The van der Waals surface area contributed by atoms with Gasteiger partial charge >= 0.3 is 0 Å². The summed E-state index contributed by atoms with van der Waals surface area (Å²) >= 11 is 2.03. The molecule has 1 unspecified atom stereocenters. The summed E-state index contributed by atoms with van der Waals surface area (Å²) in [5, 5.41) is 9.00. The van der Waals surface area contributed by atoms with Gasteiger partial charge in [0, 0.05) is 23.6 Å². The van der Waals surface area contributed by atoms with E-state index in [9.17, 15) is 0 Å². The van der Waals surface area contributed by atoms with E-state index in [2.05, 4.69) is 31.7 Å². The molecule has 1 heterocycles. The molecule has 0 N–H and O–H groups in total. The minimum absolute atomic E-state index is 0.129. The van der Waals surface area contributed by atoms with Gasteiger partial charge in [0.25, 0.3) is 0 Å². The lowest BCUT2D eigenvalue weighted by atomic mass is 10.1. The number of thioether (sulfide) groups is 1. The highest BCUT2D eigenvalue weighted by molar-refractivity contribution is 8.00. The van der Waals surface area contributed by atoms with Crippen molar-refractivity contribution >= 4 is 11.8 Å². The van der Waals surface area contributed by atoms with E-state index in [1.165, 1.54) is 6.42 Å². The lowest BCUT2D eigenvalue weighted by molar-refractivity contribution is 0.239. The molecule has 0 radical (unpaired) electrons. The van der Waals surface area contributed by atoms with Crippen molar-refractivity contribution in [2.45, 2.75) is 44.4 Å². The number of rotatable bonds is 2. The van der Waals surface area contributed by atoms with Crippen LogP contribution in [0.2, 0.25) is 0 Å². The average molecular weight is 212 g/mol. The van der Waals surface area contributed by atoms with E-state index in [-0.39, 0.29) is 6.04 Å². The van der Waals surface area contributed by atoms with Crippen LogP contribution in [0.1, 0.15) is 33.6 Å². The van der Waals surface area contributed by atoms with E-state index in [4.69, 9.17) is 5.26 Å². The highest BCUT2D eigenvalue weighted by atomic mass is 32.2. The second kappa shape index (κ2) is 5.04. The molecule has 0 amide bonds. The quantitative estimate of drug-likeness (QED) is 0.704. The smallest absolute Gasteiger partial charge is 0.0975 e. The fourth-order valence-electron chi connectivity index (χ4n) is 1.78. The summed E-state index contributed by atoms with van der Waals surface area (Å²) in [6.45, 7) is 8.84. The third kappa shape index (κ3) is 3.18. The summed E-state index contributed by atoms with van der Waals surface area (Å²) in [7, 11) is 0. The molecule has 1 saturated heterocycles. The predicted molar refractivity (Wildman–Crippen MR) is 62.4 cm³/mol. The Morgan fingerprint density at radius 2 is 2.21 bits per heavy atom. The van der Waals surface area contributed by atoms with Crippen LogP contribution in [0, 0.1) is 11.3 Å². The summed E-state index contributed by atoms with van der Waals surface area (Å²) in [6.07, 6.45) is 2.14. The molecule has 0 saturated carbocycles. The van der Waals surface area contributed by atoms with Crippen molar-refractivity contribution < 1.29 is 0 Å². The van der Waals surface area contributed by atoms with Gasteiger partial charge in [0.1, 0.15) is 0 Å². The first-order chi connectivity index (χ1) is 6.59. The fourth-order valence-corrected chi connectivity index (χ4v) is 2.89. The zero-order chi connectivity index (χ0) is 10.6. The topological polar surface area (TPSA) is 27.0 Å². The van der Waals surface area contributed by atoms with Crippen LogP contribution in [0.5, 0.6) is 0 Å². The molecule has 3 heteroatoms. The number of hydrogen-bond donors (Lipinski definition) is 0. The van der Waals surface area contributed by atoms with Gasteiger partial charge in [-0.1, -0.05) is 20.8 Å². The Bertz CT molecular complexity index is 220. The van der Waals surface area contributed by atoms with E-state index < -0.39 is 0 Å². The average Bonchev–Trinajstić information content (AvgIpc) is 2.30. The monoisotopic (exact) mass is 212 g/mol. The lowest BCUT2D eigenvalue weighted by Gasteiger charge is -2.25. The van der Waals surface area contributed by atoms with E-state index in [1.54, 1.807) is 0 Å². The molecule has 1 fully saturated rings. The second-order valence-electron chi connectivity index (χ2n) is 4.45. The molecule has 0 aromatic carbocycles. The molecular formula is C11H20N2S. The Labute approximate surface area is 91.7 Å².